The van der Waals surface area contributed by atoms with Gasteiger partial charge in [-0.1, -0.05) is 42.5 Å². The van der Waals surface area contributed by atoms with Crippen LogP contribution in [0.4, 0.5) is 10.5 Å². The number of hydrogen-bond acceptors (Lipinski definition) is 5. The van der Waals surface area contributed by atoms with Gasteiger partial charge in [-0.05, 0) is 42.5 Å². The summed E-state index contributed by atoms with van der Waals surface area (Å²) in [5, 5.41) is 2.82. The Hall–Kier alpha value is -3.20. The van der Waals surface area contributed by atoms with E-state index in [4.69, 9.17) is 0 Å². The summed E-state index contributed by atoms with van der Waals surface area (Å²) in [7, 11) is -3.24. The van der Waals surface area contributed by atoms with E-state index in [-0.39, 0.29) is 11.5 Å². The number of aryl methyl sites for hydroxylation is 1. The number of sulfone groups is 1. The van der Waals surface area contributed by atoms with Gasteiger partial charge < -0.3 is 10.2 Å². The third-order valence-corrected chi connectivity index (χ3v) is 8.34. The molecule has 2 fully saturated rings. The van der Waals surface area contributed by atoms with Crippen molar-refractivity contribution in [2.45, 2.75) is 30.8 Å². The van der Waals surface area contributed by atoms with Crippen molar-refractivity contribution in [2.75, 3.05) is 23.0 Å². The molecule has 8 nitrogen and oxygen atoms in total. The van der Waals surface area contributed by atoms with E-state index in [0.717, 1.165) is 16.0 Å². The highest BCUT2D eigenvalue weighted by Gasteiger charge is 2.55. The van der Waals surface area contributed by atoms with Gasteiger partial charge in [0.25, 0.3) is 5.91 Å². The lowest BCUT2D eigenvalue weighted by Gasteiger charge is -2.30. The lowest BCUT2D eigenvalue weighted by atomic mass is 9.92. The maximum atomic E-state index is 13.4. The van der Waals surface area contributed by atoms with Crippen LogP contribution >= 0.6 is 0 Å². The number of anilines is 1. The van der Waals surface area contributed by atoms with Crippen LogP contribution in [0.25, 0.3) is 0 Å². The molecule has 3 aliphatic rings. The molecule has 0 radical (unpaired) electrons. The van der Waals surface area contributed by atoms with Gasteiger partial charge in [0.05, 0.1) is 17.5 Å². The Morgan fingerprint density at radius 1 is 1.09 bits per heavy atom. The third kappa shape index (κ3) is 3.28. The van der Waals surface area contributed by atoms with Crippen LogP contribution in [0.2, 0.25) is 0 Å². The van der Waals surface area contributed by atoms with E-state index in [1.807, 2.05) is 24.3 Å². The molecule has 0 aromatic heterocycles. The Bertz CT molecular complexity index is 1210. The molecular weight excluding hydrogens is 430 g/mol. The molecule has 1 N–H and O–H groups in total. The number of para-hydroxylation sites is 1. The van der Waals surface area contributed by atoms with Crippen molar-refractivity contribution in [1.29, 1.82) is 0 Å². The Balaban J connectivity index is 1.43. The zero-order valence-electron chi connectivity index (χ0n) is 17.4. The predicted octanol–water partition coefficient (Wildman–Crippen LogP) is 1.60. The number of nitrogens with zero attached hydrogens (tertiary/aromatic N) is 2. The molecule has 9 heteroatoms. The fourth-order valence-electron chi connectivity index (χ4n) is 5.07. The van der Waals surface area contributed by atoms with Gasteiger partial charge in [0, 0.05) is 5.69 Å². The third-order valence-electron chi connectivity index (χ3n) is 6.59. The summed E-state index contributed by atoms with van der Waals surface area (Å²) in [5.74, 6) is -1.04. The molecule has 2 saturated heterocycles. The zero-order chi connectivity index (χ0) is 22.5. The van der Waals surface area contributed by atoms with E-state index >= 15 is 0 Å². The lowest BCUT2D eigenvalue weighted by molar-refractivity contribution is -0.134. The van der Waals surface area contributed by atoms with Crippen LogP contribution in [0.3, 0.4) is 0 Å². The summed E-state index contributed by atoms with van der Waals surface area (Å²) < 4.78 is 24.1. The van der Waals surface area contributed by atoms with Gasteiger partial charge in [-0.25, -0.2) is 13.2 Å². The fourth-order valence-corrected chi connectivity index (χ4v) is 6.77. The number of urea groups is 1. The van der Waals surface area contributed by atoms with Gasteiger partial charge in [0.15, 0.2) is 9.84 Å². The molecule has 0 unspecified atom stereocenters. The van der Waals surface area contributed by atoms with Crippen molar-refractivity contribution < 1.29 is 22.8 Å². The average molecular weight is 454 g/mol. The number of carbonyl (C=O) groups is 3. The van der Waals surface area contributed by atoms with Crippen LogP contribution < -0.4 is 10.2 Å². The number of nitrogens with one attached hydrogen (secondary N) is 1. The lowest BCUT2D eigenvalue weighted by Crippen LogP contribution is -2.48. The first-order valence-electron chi connectivity index (χ1n) is 10.6. The van der Waals surface area contributed by atoms with Crippen molar-refractivity contribution >= 4 is 33.4 Å². The normalized spacial score (nSPS) is 25.8. The van der Waals surface area contributed by atoms with Crippen LogP contribution in [0.15, 0.2) is 54.6 Å². The molecule has 4 amide bonds. The second-order valence-electron chi connectivity index (χ2n) is 8.54. The van der Waals surface area contributed by atoms with Crippen molar-refractivity contribution in [3.8, 4) is 0 Å². The minimum absolute atomic E-state index is 0.0112. The molecule has 0 saturated carbocycles. The van der Waals surface area contributed by atoms with Gasteiger partial charge in [0.1, 0.15) is 12.1 Å². The number of imide groups is 1. The molecule has 2 aliphatic heterocycles. The first kappa shape index (κ1) is 20.7. The van der Waals surface area contributed by atoms with Crippen LogP contribution in [-0.4, -0.2) is 55.3 Å². The highest BCUT2D eigenvalue weighted by atomic mass is 32.2. The van der Waals surface area contributed by atoms with E-state index in [2.05, 4.69) is 5.32 Å². The summed E-state index contributed by atoms with van der Waals surface area (Å²) in [6, 6.07) is 15.1. The van der Waals surface area contributed by atoms with Gasteiger partial charge in [-0.15, -0.1) is 0 Å². The Morgan fingerprint density at radius 3 is 2.53 bits per heavy atom. The van der Waals surface area contributed by atoms with Crippen LogP contribution in [-0.2, 0) is 31.4 Å². The molecule has 166 valence electrons. The maximum Gasteiger partial charge on any atom is 0.325 e. The van der Waals surface area contributed by atoms with Crippen molar-refractivity contribution in [2.24, 2.45) is 0 Å². The minimum atomic E-state index is -3.24. The van der Waals surface area contributed by atoms with E-state index in [1.54, 1.807) is 30.3 Å². The SMILES string of the molecule is O=C1N[C@]2(CCc3ccccc32)C(=O)N1CC(=O)N(c1ccccc1)[C@@H]1CCS(=O)(=O)C1. The molecule has 2 aromatic carbocycles. The molecule has 5 rings (SSSR count). The topological polar surface area (TPSA) is 104 Å². The minimum Gasteiger partial charge on any atom is -0.319 e. The van der Waals surface area contributed by atoms with Crippen LogP contribution in [0, 0.1) is 0 Å². The first-order chi connectivity index (χ1) is 15.3. The molecule has 32 heavy (non-hydrogen) atoms. The average Bonchev–Trinajstić information content (AvgIpc) is 3.40. The second-order valence-corrected chi connectivity index (χ2v) is 10.8. The van der Waals surface area contributed by atoms with Crippen molar-refractivity contribution in [1.82, 2.24) is 10.2 Å². The van der Waals surface area contributed by atoms with Crippen LogP contribution in [0.5, 0.6) is 0 Å². The smallest absolute Gasteiger partial charge is 0.319 e. The predicted molar refractivity (Wildman–Crippen MR) is 118 cm³/mol. The van der Waals surface area contributed by atoms with E-state index in [0.29, 0.717) is 24.9 Å². The number of amides is 4. The number of benzene rings is 2. The second kappa shape index (κ2) is 7.44. The number of fused-ring (bicyclic) bond motifs is 2. The fraction of sp³-hybridized carbons (Fsp3) is 0.348. The number of hydrogen-bond donors (Lipinski definition) is 1. The molecule has 1 spiro atoms. The summed E-state index contributed by atoms with van der Waals surface area (Å²) in [4.78, 5) is 42.0. The number of rotatable bonds is 4. The molecule has 0 bridgehead atoms. The van der Waals surface area contributed by atoms with E-state index < -0.39 is 45.8 Å². The van der Waals surface area contributed by atoms with Crippen molar-refractivity contribution in [3.05, 3.63) is 65.7 Å². The monoisotopic (exact) mass is 453 g/mol. The Labute approximate surface area is 186 Å². The summed E-state index contributed by atoms with van der Waals surface area (Å²) in [6.45, 7) is -0.444. The highest BCUT2D eigenvalue weighted by molar-refractivity contribution is 7.91. The molecule has 1 aliphatic carbocycles. The van der Waals surface area contributed by atoms with Crippen LogP contribution in [0.1, 0.15) is 24.0 Å². The highest BCUT2D eigenvalue weighted by Crippen LogP contribution is 2.41. The molecule has 2 aromatic rings. The van der Waals surface area contributed by atoms with E-state index in [9.17, 15) is 22.8 Å². The zero-order valence-corrected chi connectivity index (χ0v) is 18.2. The van der Waals surface area contributed by atoms with Gasteiger partial charge in [0.2, 0.25) is 5.91 Å². The first-order valence-corrected chi connectivity index (χ1v) is 12.4. The van der Waals surface area contributed by atoms with E-state index in [1.165, 1.54) is 4.90 Å². The summed E-state index contributed by atoms with van der Waals surface area (Å²) in [6.07, 6.45) is 1.44. The molecule has 2 heterocycles. The molecular formula is C23H23N3O5S. The standard InChI is InChI=1S/C23H23N3O5S/c27-20(26(17-7-2-1-3-8-17)18-11-13-32(30,31)15-18)14-25-21(28)23(24-22(25)29)12-10-16-6-4-5-9-19(16)23/h1-9,18H,10-15H2,(H,24,29)/t18-,23+/m1/s1. The maximum absolute atomic E-state index is 13.4. The summed E-state index contributed by atoms with van der Waals surface area (Å²) in [5.41, 5.74) is 1.20. The molecule has 2 atom stereocenters. The van der Waals surface area contributed by atoms with Gasteiger partial charge >= 0.3 is 6.03 Å². The van der Waals surface area contributed by atoms with Crippen molar-refractivity contribution in [3.63, 3.8) is 0 Å². The Morgan fingerprint density at radius 2 is 1.81 bits per heavy atom. The Kier molecular flexibility index (Phi) is 4.81. The van der Waals surface area contributed by atoms with Gasteiger partial charge in [-0.3, -0.25) is 14.5 Å². The largest absolute Gasteiger partial charge is 0.325 e. The quantitative estimate of drug-likeness (QED) is 0.709. The number of carbonyl (C=O) groups excluding carboxylic acids is 3. The van der Waals surface area contributed by atoms with Gasteiger partial charge in [-0.2, -0.15) is 0 Å². The summed E-state index contributed by atoms with van der Waals surface area (Å²) >= 11 is 0.